The highest BCUT2D eigenvalue weighted by Gasteiger charge is 2.21. The maximum Gasteiger partial charge on any atom is 0.139 e. The Morgan fingerprint density at radius 1 is 0.345 bits per heavy atom. The van der Waals surface area contributed by atoms with Crippen molar-refractivity contribution >= 4 is 98.3 Å². The lowest BCUT2D eigenvalue weighted by atomic mass is 10.0. The third-order valence-electron chi connectivity index (χ3n) is 12.1. The smallest absolute Gasteiger partial charge is 0.139 e. The molecule has 13 rings (SSSR count). The second-order valence-corrected chi connectivity index (χ2v) is 15.3. The van der Waals surface area contributed by atoms with Crippen molar-refractivity contribution in [2.45, 2.75) is 13.8 Å². The zero-order valence-corrected chi connectivity index (χ0v) is 32.0. The molecular formula is C54H36N2O2. The summed E-state index contributed by atoms with van der Waals surface area (Å²) in [5.74, 6) is 0. The van der Waals surface area contributed by atoms with Crippen molar-refractivity contribution in [2.24, 2.45) is 0 Å². The molecule has 0 aliphatic rings. The van der Waals surface area contributed by atoms with Crippen LogP contribution >= 0.6 is 0 Å². The van der Waals surface area contributed by atoms with E-state index in [1.807, 2.05) is 18.2 Å². The summed E-state index contributed by atoms with van der Waals surface area (Å²) in [6.45, 7) is 4.36. The van der Waals surface area contributed by atoms with E-state index >= 15 is 0 Å². The Morgan fingerprint density at radius 3 is 1.40 bits per heavy atom. The Bertz CT molecular complexity index is 3760. The van der Waals surface area contributed by atoms with Gasteiger partial charge in [0.15, 0.2) is 0 Å². The van der Waals surface area contributed by atoms with Gasteiger partial charge in [0.25, 0.3) is 0 Å². The topological polar surface area (TPSA) is 36.1 Å². The highest BCUT2D eigenvalue weighted by Crippen LogP contribution is 2.43. The van der Waals surface area contributed by atoms with Crippen LogP contribution in [0.3, 0.4) is 0 Å². The van der Waals surface area contributed by atoms with Gasteiger partial charge in [0.05, 0.1) is 27.8 Å². The van der Waals surface area contributed by atoms with Gasteiger partial charge in [0, 0.05) is 65.3 Å². The third kappa shape index (κ3) is 4.63. The predicted molar refractivity (Wildman–Crippen MR) is 243 cm³/mol. The van der Waals surface area contributed by atoms with Gasteiger partial charge >= 0.3 is 0 Å². The fourth-order valence-electron chi connectivity index (χ4n) is 9.57. The largest absolute Gasteiger partial charge is 0.456 e. The molecule has 0 bridgehead atoms. The zero-order valence-electron chi connectivity index (χ0n) is 32.0. The molecule has 0 saturated carbocycles. The molecule has 0 saturated heterocycles. The van der Waals surface area contributed by atoms with Gasteiger partial charge in [-0.3, -0.25) is 0 Å². The monoisotopic (exact) mass is 744 g/mol. The van der Waals surface area contributed by atoms with Gasteiger partial charge in [0.1, 0.15) is 22.3 Å². The fraction of sp³-hybridized carbons (Fsp3) is 0.0370. The number of para-hydroxylation sites is 5. The minimum atomic E-state index is 0.939. The molecule has 4 nitrogen and oxygen atoms in total. The van der Waals surface area contributed by atoms with Crippen molar-refractivity contribution < 1.29 is 8.83 Å². The van der Waals surface area contributed by atoms with Crippen molar-refractivity contribution in [3.8, 4) is 11.4 Å². The lowest BCUT2D eigenvalue weighted by Crippen LogP contribution is -1.95. The Balaban J connectivity index is 0.000000128. The SMILES string of the molecule is Cc1c2oc3ccccc3c2cc2c1c1ccccc1n2-c1cccc2ccccc12.Cc1c2oc3ccccc3c2cc2c1c1ccccc1n2-c1ccccc1. The second kappa shape index (κ2) is 12.5. The summed E-state index contributed by atoms with van der Waals surface area (Å²) in [7, 11) is 0. The molecular weight excluding hydrogens is 709 g/mol. The van der Waals surface area contributed by atoms with Gasteiger partial charge in [-0.2, -0.15) is 0 Å². The second-order valence-electron chi connectivity index (χ2n) is 15.3. The van der Waals surface area contributed by atoms with Gasteiger partial charge in [0.2, 0.25) is 0 Å². The molecule has 0 unspecified atom stereocenters. The molecule has 58 heavy (non-hydrogen) atoms. The van der Waals surface area contributed by atoms with Crippen LogP contribution < -0.4 is 0 Å². The van der Waals surface area contributed by atoms with E-state index in [2.05, 4.69) is 187 Å². The van der Waals surface area contributed by atoms with Crippen LogP contribution in [0, 0.1) is 13.8 Å². The summed E-state index contributed by atoms with van der Waals surface area (Å²) < 4.78 is 17.3. The van der Waals surface area contributed by atoms with E-state index in [4.69, 9.17) is 8.83 Å². The molecule has 13 aromatic rings. The number of hydrogen-bond acceptors (Lipinski definition) is 2. The number of aryl methyl sites for hydroxylation is 2. The minimum absolute atomic E-state index is 0.939. The van der Waals surface area contributed by atoms with E-state index in [0.29, 0.717) is 0 Å². The number of nitrogens with zero attached hydrogens (tertiary/aromatic N) is 2. The molecule has 0 atom stereocenters. The summed E-state index contributed by atoms with van der Waals surface area (Å²) in [6.07, 6.45) is 0. The maximum atomic E-state index is 6.32. The van der Waals surface area contributed by atoms with Crippen molar-refractivity contribution in [1.29, 1.82) is 0 Å². The molecule has 9 aromatic carbocycles. The van der Waals surface area contributed by atoms with Crippen LogP contribution in [0.5, 0.6) is 0 Å². The van der Waals surface area contributed by atoms with Gasteiger partial charge in [-0.25, -0.2) is 0 Å². The first-order chi connectivity index (χ1) is 28.6. The minimum Gasteiger partial charge on any atom is -0.456 e. The summed E-state index contributed by atoms with van der Waals surface area (Å²) in [5.41, 5.74) is 13.5. The third-order valence-corrected chi connectivity index (χ3v) is 12.1. The quantitative estimate of drug-likeness (QED) is 0.177. The molecule has 0 spiro atoms. The van der Waals surface area contributed by atoms with Crippen molar-refractivity contribution in [1.82, 2.24) is 9.13 Å². The Labute approximate surface area is 333 Å². The molecule has 0 amide bonds. The van der Waals surface area contributed by atoms with Crippen molar-refractivity contribution in [2.75, 3.05) is 0 Å². The Hall–Kier alpha value is -7.56. The Morgan fingerprint density at radius 2 is 0.793 bits per heavy atom. The molecule has 0 aliphatic carbocycles. The van der Waals surface area contributed by atoms with Crippen LogP contribution in [0.2, 0.25) is 0 Å². The van der Waals surface area contributed by atoms with Gasteiger partial charge in [-0.1, -0.05) is 127 Å². The molecule has 0 radical (unpaired) electrons. The van der Waals surface area contributed by atoms with E-state index in [9.17, 15) is 0 Å². The van der Waals surface area contributed by atoms with Crippen LogP contribution in [-0.2, 0) is 0 Å². The average molecular weight is 745 g/mol. The molecule has 274 valence electrons. The average Bonchev–Trinajstić information content (AvgIpc) is 4.03. The fourth-order valence-corrected chi connectivity index (χ4v) is 9.57. The summed E-state index contributed by atoms with van der Waals surface area (Å²) in [4.78, 5) is 0. The number of aromatic nitrogens is 2. The van der Waals surface area contributed by atoms with Crippen molar-refractivity contribution in [3.63, 3.8) is 0 Å². The number of hydrogen-bond donors (Lipinski definition) is 0. The molecule has 0 N–H and O–H groups in total. The van der Waals surface area contributed by atoms with E-state index in [1.54, 1.807) is 0 Å². The normalized spacial score (nSPS) is 12.0. The molecule has 0 aliphatic heterocycles. The highest BCUT2D eigenvalue weighted by atomic mass is 16.3. The molecule has 4 heteroatoms. The summed E-state index contributed by atoms with van der Waals surface area (Å²) >= 11 is 0. The molecule has 4 heterocycles. The summed E-state index contributed by atoms with van der Waals surface area (Å²) in [6, 6.07) is 64.2. The number of benzene rings is 9. The standard InChI is InChI=1S/C29H19NO.C25H17NO/c1-18-28-22-13-4-6-14-25(22)30(24-15-8-10-19-9-2-3-11-20(19)24)26(28)17-23-21-12-5-7-16-27(21)31-29(18)23;1-16-24-19-12-5-7-13-21(19)26(17-9-3-2-4-10-17)22(24)15-20-18-11-6-8-14-23(18)27-25(16)20/h2-17H,1H3;2-15H,1H3. The van der Waals surface area contributed by atoms with Gasteiger partial charge < -0.3 is 18.0 Å². The maximum absolute atomic E-state index is 6.32. The predicted octanol–water partition coefficient (Wildman–Crippen LogP) is 15.1. The van der Waals surface area contributed by atoms with E-state index < -0.39 is 0 Å². The van der Waals surface area contributed by atoms with Crippen molar-refractivity contribution in [3.05, 3.63) is 193 Å². The number of fused-ring (bicyclic) bond motifs is 13. The Kier molecular flexibility index (Phi) is 7.02. The van der Waals surface area contributed by atoms with E-state index in [0.717, 1.165) is 27.7 Å². The lowest BCUT2D eigenvalue weighted by molar-refractivity contribution is 0.666. The van der Waals surface area contributed by atoms with Crippen LogP contribution in [0.25, 0.3) is 110 Å². The first-order valence-corrected chi connectivity index (χ1v) is 19.9. The van der Waals surface area contributed by atoms with E-state index in [-0.39, 0.29) is 0 Å². The van der Waals surface area contributed by atoms with Crippen LogP contribution in [0.4, 0.5) is 0 Å². The first-order valence-electron chi connectivity index (χ1n) is 19.9. The molecule has 4 aromatic heterocycles. The molecule has 0 fully saturated rings. The first kappa shape index (κ1) is 32.7. The van der Waals surface area contributed by atoms with Crippen LogP contribution in [-0.4, -0.2) is 9.13 Å². The van der Waals surface area contributed by atoms with Crippen LogP contribution in [0.1, 0.15) is 11.1 Å². The van der Waals surface area contributed by atoms with Crippen LogP contribution in [0.15, 0.2) is 191 Å². The van der Waals surface area contributed by atoms with Gasteiger partial charge in [-0.05, 0) is 73.8 Å². The van der Waals surface area contributed by atoms with E-state index in [1.165, 1.54) is 93.0 Å². The highest BCUT2D eigenvalue weighted by molar-refractivity contribution is 6.21. The summed E-state index contributed by atoms with van der Waals surface area (Å²) in [5, 5.41) is 12.2. The zero-order chi connectivity index (χ0) is 38.5. The van der Waals surface area contributed by atoms with Gasteiger partial charge in [-0.15, -0.1) is 0 Å². The lowest BCUT2D eigenvalue weighted by Gasteiger charge is -2.12. The number of rotatable bonds is 2. The number of furan rings is 2.